The summed E-state index contributed by atoms with van der Waals surface area (Å²) in [5, 5.41) is 0.567. The molecule has 8 heteroatoms. The number of aromatic nitrogens is 1. The molecular weight excluding hydrogens is 448 g/mol. The van der Waals surface area contributed by atoms with Crippen LogP contribution in [-0.2, 0) is 19.7 Å². The van der Waals surface area contributed by atoms with Crippen LogP contribution in [0.4, 0.5) is 10.6 Å². The summed E-state index contributed by atoms with van der Waals surface area (Å²) in [5.74, 6) is 0.354. The Bertz CT molecular complexity index is 813. The first-order valence-corrected chi connectivity index (χ1v) is 10.5. The SMILES string of the molecule is COC(=O)C1(C)CCC2(CC1)CN(C(=O)OC(C)(C)C)c1ncc(Br)c(Cl)c12. The van der Waals surface area contributed by atoms with Gasteiger partial charge < -0.3 is 9.47 Å². The number of pyridine rings is 1. The van der Waals surface area contributed by atoms with E-state index in [-0.39, 0.29) is 11.4 Å². The lowest BCUT2D eigenvalue weighted by Gasteiger charge is -2.42. The van der Waals surface area contributed by atoms with Crippen molar-refractivity contribution < 1.29 is 19.1 Å². The molecule has 0 unspecified atom stereocenters. The number of rotatable bonds is 1. The van der Waals surface area contributed by atoms with Crippen LogP contribution >= 0.6 is 27.5 Å². The number of hydrogen-bond donors (Lipinski definition) is 0. The van der Waals surface area contributed by atoms with Crippen molar-refractivity contribution in [3.05, 3.63) is 21.3 Å². The lowest BCUT2D eigenvalue weighted by Crippen LogP contribution is -2.45. The minimum atomic E-state index is -0.609. The summed E-state index contributed by atoms with van der Waals surface area (Å²) in [6.07, 6.45) is 3.91. The molecule has 154 valence electrons. The highest BCUT2D eigenvalue weighted by Crippen LogP contribution is 2.55. The number of esters is 1. The Balaban J connectivity index is 1.98. The molecule has 1 saturated carbocycles. The number of carbonyl (C=O) groups excluding carboxylic acids is 2. The number of hydrogen-bond acceptors (Lipinski definition) is 5. The van der Waals surface area contributed by atoms with Crippen LogP contribution < -0.4 is 4.90 Å². The van der Waals surface area contributed by atoms with Gasteiger partial charge in [0.2, 0.25) is 0 Å². The number of carbonyl (C=O) groups is 2. The first-order chi connectivity index (χ1) is 12.9. The van der Waals surface area contributed by atoms with Gasteiger partial charge in [0.1, 0.15) is 11.4 Å². The normalized spacial score (nSPS) is 26.9. The lowest BCUT2D eigenvalue weighted by molar-refractivity contribution is -0.154. The fraction of sp³-hybridized carbons (Fsp3) is 0.650. The van der Waals surface area contributed by atoms with Gasteiger partial charge in [-0.1, -0.05) is 11.6 Å². The van der Waals surface area contributed by atoms with Crippen molar-refractivity contribution >= 4 is 45.4 Å². The zero-order valence-corrected chi connectivity index (χ0v) is 19.2. The number of ether oxygens (including phenoxy) is 2. The molecule has 0 atom stereocenters. The zero-order valence-electron chi connectivity index (χ0n) is 16.9. The number of anilines is 1. The second-order valence-corrected chi connectivity index (χ2v) is 10.3. The third-order valence-electron chi connectivity index (χ3n) is 5.80. The molecule has 3 rings (SSSR count). The summed E-state index contributed by atoms with van der Waals surface area (Å²) >= 11 is 10.1. The van der Waals surface area contributed by atoms with E-state index in [1.54, 1.807) is 11.1 Å². The Hall–Kier alpha value is -1.34. The molecule has 1 fully saturated rings. The van der Waals surface area contributed by atoms with E-state index in [0.29, 0.717) is 47.5 Å². The van der Waals surface area contributed by atoms with Crippen LogP contribution in [0.5, 0.6) is 0 Å². The van der Waals surface area contributed by atoms with Crippen molar-refractivity contribution in [3.8, 4) is 0 Å². The van der Waals surface area contributed by atoms with Gasteiger partial charge >= 0.3 is 12.1 Å². The molecule has 1 aliphatic carbocycles. The van der Waals surface area contributed by atoms with Crippen molar-refractivity contribution in [2.75, 3.05) is 18.6 Å². The highest BCUT2D eigenvalue weighted by Gasteiger charge is 2.53. The van der Waals surface area contributed by atoms with Crippen molar-refractivity contribution in [2.24, 2.45) is 5.41 Å². The van der Waals surface area contributed by atoms with Crippen LogP contribution in [0.1, 0.15) is 58.9 Å². The third kappa shape index (κ3) is 3.63. The van der Waals surface area contributed by atoms with Crippen molar-refractivity contribution in [3.63, 3.8) is 0 Å². The average Bonchev–Trinajstić information content (AvgIpc) is 2.94. The lowest BCUT2D eigenvalue weighted by atomic mass is 9.62. The van der Waals surface area contributed by atoms with Gasteiger partial charge in [-0.25, -0.2) is 9.78 Å². The monoisotopic (exact) mass is 472 g/mol. The van der Waals surface area contributed by atoms with Gasteiger partial charge in [-0.05, 0) is 69.3 Å². The molecule has 0 saturated heterocycles. The summed E-state index contributed by atoms with van der Waals surface area (Å²) < 4.78 is 11.3. The van der Waals surface area contributed by atoms with Crippen LogP contribution in [-0.4, -0.2) is 36.3 Å². The van der Waals surface area contributed by atoms with Gasteiger partial charge in [-0.15, -0.1) is 0 Å². The van der Waals surface area contributed by atoms with E-state index < -0.39 is 17.1 Å². The molecule has 1 amide bonds. The Labute approximate surface area is 179 Å². The van der Waals surface area contributed by atoms with Gasteiger partial charge in [0.25, 0.3) is 0 Å². The van der Waals surface area contributed by atoms with Crippen LogP contribution in [0.3, 0.4) is 0 Å². The molecule has 1 spiro atoms. The molecule has 0 N–H and O–H groups in total. The topological polar surface area (TPSA) is 68.7 Å². The van der Waals surface area contributed by atoms with Gasteiger partial charge in [-0.3, -0.25) is 9.69 Å². The quantitative estimate of drug-likeness (QED) is 0.521. The second-order valence-electron chi connectivity index (χ2n) is 9.02. The van der Waals surface area contributed by atoms with E-state index in [1.807, 2.05) is 27.7 Å². The van der Waals surface area contributed by atoms with Crippen LogP contribution in [0.2, 0.25) is 5.02 Å². The van der Waals surface area contributed by atoms with Crippen LogP contribution in [0, 0.1) is 5.41 Å². The van der Waals surface area contributed by atoms with Crippen LogP contribution in [0.15, 0.2) is 10.7 Å². The van der Waals surface area contributed by atoms with Crippen LogP contribution in [0.25, 0.3) is 0 Å². The molecule has 2 aliphatic rings. The maximum absolute atomic E-state index is 12.9. The zero-order chi connectivity index (χ0) is 20.9. The second kappa shape index (κ2) is 7.17. The average molecular weight is 474 g/mol. The maximum Gasteiger partial charge on any atom is 0.416 e. The Morgan fingerprint density at radius 2 is 1.86 bits per heavy atom. The molecule has 0 bridgehead atoms. The largest absolute Gasteiger partial charge is 0.469 e. The fourth-order valence-electron chi connectivity index (χ4n) is 4.19. The van der Waals surface area contributed by atoms with Gasteiger partial charge in [0.15, 0.2) is 0 Å². The predicted octanol–water partition coefficient (Wildman–Crippen LogP) is 5.24. The van der Waals surface area contributed by atoms with Crippen molar-refractivity contribution in [1.29, 1.82) is 0 Å². The summed E-state index contributed by atoms with van der Waals surface area (Å²) in [6, 6.07) is 0. The minimum Gasteiger partial charge on any atom is -0.469 e. The molecule has 0 radical (unpaired) electrons. The number of nitrogens with zero attached hydrogens (tertiary/aromatic N) is 2. The van der Waals surface area contributed by atoms with Gasteiger partial charge in [0, 0.05) is 23.7 Å². The Morgan fingerprint density at radius 3 is 2.39 bits per heavy atom. The summed E-state index contributed by atoms with van der Waals surface area (Å²) in [4.78, 5) is 31.2. The summed E-state index contributed by atoms with van der Waals surface area (Å²) in [6.45, 7) is 7.89. The van der Waals surface area contributed by atoms with E-state index in [0.717, 1.165) is 5.56 Å². The van der Waals surface area contributed by atoms with E-state index in [9.17, 15) is 9.59 Å². The van der Waals surface area contributed by atoms with E-state index >= 15 is 0 Å². The molecule has 2 heterocycles. The smallest absolute Gasteiger partial charge is 0.416 e. The number of fused-ring (bicyclic) bond motifs is 2. The molecule has 6 nitrogen and oxygen atoms in total. The predicted molar refractivity (Wildman–Crippen MR) is 111 cm³/mol. The minimum absolute atomic E-state index is 0.192. The van der Waals surface area contributed by atoms with E-state index in [1.165, 1.54) is 7.11 Å². The number of halogens is 2. The highest BCUT2D eigenvalue weighted by atomic mass is 79.9. The van der Waals surface area contributed by atoms with E-state index in [2.05, 4.69) is 20.9 Å². The van der Waals surface area contributed by atoms with Crippen molar-refractivity contribution in [2.45, 2.75) is 64.4 Å². The molecule has 1 aromatic rings. The summed E-state index contributed by atoms with van der Waals surface area (Å²) in [7, 11) is 1.42. The van der Waals surface area contributed by atoms with E-state index in [4.69, 9.17) is 21.1 Å². The fourth-order valence-corrected chi connectivity index (χ4v) is 4.83. The molecule has 28 heavy (non-hydrogen) atoms. The first-order valence-electron chi connectivity index (χ1n) is 9.36. The maximum atomic E-state index is 12.9. The Morgan fingerprint density at radius 1 is 1.25 bits per heavy atom. The number of amides is 1. The third-order valence-corrected chi connectivity index (χ3v) is 7.02. The van der Waals surface area contributed by atoms with Crippen molar-refractivity contribution in [1.82, 2.24) is 4.98 Å². The molecule has 1 aliphatic heterocycles. The summed E-state index contributed by atoms with van der Waals surface area (Å²) in [5.41, 5.74) is -0.623. The van der Waals surface area contributed by atoms with Gasteiger partial charge in [0.05, 0.1) is 22.0 Å². The Kier molecular flexibility index (Phi) is 5.47. The first kappa shape index (κ1) is 21.4. The number of methoxy groups -OCH3 is 1. The highest BCUT2D eigenvalue weighted by molar-refractivity contribution is 9.10. The standard InChI is InChI=1S/C20H26BrClN2O4/c1-18(2,3)28-17(26)24-11-20(13-14(22)12(21)10-23-15(13)24)8-6-19(4,7-9-20)16(25)27-5/h10H,6-9,11H2,1-5H3. The van der Waals surface area contributed by atoms with Gasteiger partial charge in [-0.2, -0.15) is 0 Å². The molecule has 0 aromatic carbocycles. The molecular formula is C20H26BrClN2O4. The molecule has 1 aromatic heterocycles.